The minimum atomic E-state index is 1.05. The highest BCUT2D eigenvalue weighted by Gasteiger charge is 1.94. The van der Waals surface area contributed by atoms with Crippen LogP contribution in [0.25, 0.3) is 6.08 Å². The molecule has 0 spiro atoms. The van der Waals surface area contributed by atoms with Crippen LogP contribution in [0, 0.1) is 6.92 Å². The number of thiazole rings is 1. The summed E-state index contributed by atoms with van der Waals surface area (Å²) in [6.07, 6.45) is 6.22. The van der Waals surface area contributed by atoms with E-state index in [1.54, 1.807) is 11.3 Å². The summed E-state index contributed by atoms with van der Waals surface area (Å²) in [5, 5.41) is 3.22. The number of allylic oxidation sites excluding steroid dienone is 2. The lowest BCUT2D eigenvalue weighted by atomic mass is 10.1. The van der Waals surface area contributed by atoms with Gasteiger partial charge in [0.25, 0.3) is 0 Å². The van der Waals surface area contributed by atoms with Crippen molar-refractivity contribution >= 4 is 17.4 Å². The fraction of sp³-hybridized carbons (Fsp3) is 0.462. The molecule has 1 aromatic heterocycles. The third-order valence-corrected chi connectivity index (χ3v) is 2.57. The monoisotopic (exact) mass is 223 g/mol. The van der Waals surface area contributed by atoms with Crippen LogP contribution < -0.4 is 0 Å². The fourth-order valence-corrected chi connectivity index (χ4v) is 1.67. The van der Waals surface area contributed by atoms with E-state index in [0.29, 0.717) is 0 Å². The summed E-state index contributed by atoms with van der Waals surface area (Å²) in [6.45, 7) is 11.9. The van der Waals surface area contributed by atoms with Crippen molar-refractivity contribution in [3.63, 3.8) is 0 Å². The maximum Gasteiger partial charge on any atom is 0.0901 e. The van der Waals surface area contributed by atoms with Crippen molar-refractivity contribution in [1.29, 1.82) is 0 Å². The van der Waals surface area contributed by atoms with Gasteiger partial charge in [0.05, 0.1) is 10.7 Å². The van der Waals surface area contributed by atoms with Crippen molar-refractivity contribution in [3.05, 3.63) is 34.3 Å². The number of hydrogen-bond donors (Lipinski definition) is 0. The van der Waals surface area contributed by atoms with Gasteiger partial charge < -0.3 is 0 Å². The highest BCUT2D eigenvalue weighted by atomic mass is 32.1. The Bertz CT molecular complexity index is 310. The SMILES string of the molecule is C=CCC/C(C)=C/c1csc(C)n1.CC. The summed E-state index contributed by atoms with van der Waals surface area (Å²) < 4.78 is 0. The van der Waals surface area contributed by atoms with E-state index in [9.17, 15) is 0 Å². The topological polar surface area (TPSA) is 12.9 Å². The smallest absolute Gasteiger partial charge is 0.0901 e. The molecule has 0 saturated carbocycles. The third-order valence-electron chi connectivity index (χ3n) is 1.77. The van der Waals surface area contributed by atoms with Crippen LogP contribution >= 0.6 is 11.3 Å². The molecule has 1 aromatic rings. The Balaban J connectivity index is 0.000000921. The molecule has 0 aliphatic carbocycles. The van der Waals surface area contributed by atoms with E-state index in [1.165, 1.54) is 5.57 Å². The number of hydrogen-bond acceptors (Lipinski definition) is 2. The molecular formula is C13H21NS. The van der Waals surface area contributed by atoms with Gasteiger partial charge in [-0.1, -0.05) is 25.5 Å². The largest absolute Gasteiger partial charge is 0.242 e. The third kappa shape index (κ3) is 6.24. The van der Waals surface area contributed by atoms with Gasteiger partial charge in [0.1, 0.15) is 0 Å². The van der Waals surface area contributed by atoms with Gasteiger partial charge in [0.2, 0.25) is 0 Å². The number of rotatable bonds is 4. The standard InChI is InChI=1S/C11H15NS.C2H6/c1-4-5-6-9(2)7-11-8-13-10(3)12-11;1-2/h4,7-8H,1,5-6H2,2-3H3;1-2H3/b9-7+;. The maximum absolute atomic E-state index is 4.38. The molecule has 1 heterocycles. The van der Waals surface area contributed by atoms with E-state index in [0.717, 1.165) is 23.5 Å². The zero-order valence-electron chi connectivity index (χ0n) is 10.2. The van der Waals surface area contributed by atoms with Crippen LogP contribution in [-0.4, -0.2) is 4.98 Å². The van der Waals surface area contributed by atoms with Crippen LogP contribution in [0.5, 0.6) is 0 Å². The van der Waals surface area contributed by atoms with Crippen LogP contribution in [0.3, 0.4) is 0 Å². The Hall–Kier alpha value is -0.890. The first kappa shape index (κ1) is 14.1. The Morgan fingerprint density at radius 1 is 1.53 bits per heavy atom. The molecule has 1 nitrogen and oxygen atoms in total. The Morgan fingerprint density at radius 2 is 2.20 bits per heavy atom. The van der Waals surface area contributed by atoms with E-state index in [2.05, 4.69) is 29.9 Å². The van der Waals surface area contributed by atoms with Crippen molar-refractivity contribution in [2.75, 3.05) is 0 Å². The quantitative estimate of drug-likeness (QED) is 0.665. The van der Waals surface area contributed by atoms with Crippen molar-refractivity contribution in [3.8, 4) is 0 Å². The first-order chi connectivity index (χ1) is 7.22. The number of nitrogens with zero attached hydrogens (tertiary/aromatic N) is 1. The normalized spacial score (nSPS) is 10.5. The maximum atomic E-state index is 4.38. The lowest BCUT2D eigenvalue weighted by molar-refractivity contribution is 0.987. The highest BCUT2D eigenvalue weighted by Crippen LogP contribution is 2.14. The van der Waals surface area contributed by atoms with Gasteiger partial charge in [0, 0.05) is 5.38 Å². The lowest BCUT2D eigenvalue weighted by Crippen LogP contribution is -1.78. The van der Waals surface area contributed by atoms with Crippen LogP contribution in [0.4, 0.5) is 0 Å². The summed E-state index contributed by atoms with van der Waals surface area (Å²) in [5.41, 5.74) is 2.45. The molecule has 0 aromatic carbocycles. The summed E-state index contributed by atoms with van der Waals surface area (Å²) in [6, 6.07) is 0. The molecule has 2 heteroatoms. The van der Waals surface area contributed by atoms with E-state index in [1.807, 2.05) is 26.8 Å². The molecule has 15 heavy (non-hydrogen) atoms. The summed E-state index contributed by atoms with van der Waals surface area (Å²) >= 11 is 1.69. The minimum absolute atomic E-state index is 1.05. The molecule has 0 atom stereocenters. The Morgan fingerprint density at radius 3 is 2.67 bits per heavy atom. The second-order valence-electron chi connectivity index (χ2n) is 3.11. The number of aryl methyl sites for hydroxylation is 1. The first-order valence-electron chi connectivity index (χ1n) is 5.42. The van der Waals surface area contributed by atoms with Gasteiger partial charge in [-0.25, -0.2) is 4.98 Å². The zero-order chi connectivity index (χ0) is 11.7. The van der Waals surface area contributed by atoms with Crippen LogP contribution in [0.15, 0.2) is 23.6 Å². The molecule has 0 N–H and O–H groups in total. The van der Waals surface area contributed by atoms with E-state index >= 15 is 0 Å². The highest BCUT2D eigenvalue weighted by molar-refractivity contribution is 7.09. The molecule has 0 radical (unpaired) electrons. The van der Waals surface area contributed by atoms with Crippen molar-refractivity contribution in [1.82, 2.24) is 4.98 Å². The molecular weight excluding hydrogens is 202 g/mol. The molecule has 1 rings (SSSR count). The second-order valence-corrected chi connectivity index (χ2v) is 4.17. The second kappa shape index (κ2) is 8.42. The van der Waals surface area contributed by atoms with Crippen LogP contribution in [0.1, 0.15) is 44.3 Å². The zero-order valence-corrected chi connectivity index (χ0v) is 11.0. The molecule has 0 amide bonds. The van der Waals surface area contributed by atoms with Gasteiger partial charge in [-0.3, -0.25) is 0 Å². The Labute approximate surface area is 97.6 Å². The predicted octanol–water partition coefficient (Wildman–Crippen LogP) is 4.85. The van der Waals surface area contributed by atoms with E-state index in [-0.39, 0.29) is 0 Å². The first-order valence-corrected chi connectivity index (χ1v) is 6.30. The van der Waals surface area contributed by atoms with Gasteiger partial charge >= 0.3 is 0 Å². The van der Waals surface area contributed by atoms with Crippen LogP contribution in [0.2, 0.25) is 0 Å². The van der Waals surface area contributed by atoms with Crippen molar-refractivity contribution < 1.29 is 0 Å². The van der Waals surface area contributed by atoms with Gasteiger partial charge in [-0.2, -0.15) is 0 Å². The minimum Gasteiger partial charge on any atom is -0.242 e. The van der Waals surface area contributed by atoms with E-state index < -0.39 is 0 Å². The molecule has 0 aliphatic rings. The van der Waals surface area contributed by atoms with Crippen molar-refractivity contribution in [2.24, 2.45) is 0 Å². The van der Waals surface area contributed by atoms with Gasteiger partial charge in [0.15, 0.2) is 0 Å². The predicted molar refractivity (Wildman–Crippen MR) is 71.3 cm³/mol. The molecule has 0 unspecified atom stereocenters. The molecule has 0 aliphatic heterocycles. The summed E-state index contributed by atoms with van der Waals surface area (Å²) in [5.74, 6) is 0. The summed E-state index contributed by atoms with van der Waals surface area (Å²) in [4.78, 5) is 4.38. The van der Waals surface area contributed by atoms with E-state index in [4.69, 9.17) is 0 Å². The lowest BCUT2D eigenvalue weighted by Gasteiger charge is -1.95. The van der Waals surface area contributed by atoms with Gasteiger partial charge in [-0.05, 0) is 32.8 Å². The average Bonchev–Trinajstić information content (AvgIpc) is 2.64. The molecule has 0 bridgehead atoms. The van der Waals surface area contributed by atoms with Crippen LogP contribution in [-0.2, 0) is 0 Å². The molecule has 84 valence electrons. The van der Waals surface area contributed by atoms with Crippen molar-refractivity contribution in [2.45, 2.75) is 40.5 Å². The van der Waals surface area contributed by atoms with Gasteiger partial charge in [-0.15, -0.1) is 17.9 Å². The molecule has 0 fully saturated rings. The molecule has 0 saturated heterocycles. The fourth-order valence-electron chi connectivity index (χ4n) is 1.10. The summed E-state index contributed by atoms with van der Waals surface area (Å²) in [7, 11) is 0. The number of aromatic nitrogens is 1. The Kier molecular flexibility index (Phi) is 7.92. The average molecular weight is 223 g/mol.